The molecule has 2 heterocycles. The molecule has 3 aromatic rings. The summed E-state index contributed by atoms with van der Waals surface area (Å²) >= 11 is 3.54. The summed E-state index contributed by atoms with van der Waals surface area (Å²) < 4.78 is 6.61. The van der Waals surface area contributed by atoms with Crippen molar-refractivity contribution < 1.29 is 9.53 Å². The van der Waals surface area contributed by atoms with Crippen LogP contribution in [0.1, 0.15) is 24.0 Å². The van der Waals surface area contributed by atoms with Crippen molar-refractivity contribution in [2.45, 2.75) is 31.9 Å². The molecule has 0 bridgehead atoms. The molecule has 26 heavy (non-hydrogen) atoms. The molecule has 1 saturated heterocycles. The van der Waals surface area contributed by atoms with Crippen molar-refractivity contribution in [3.8, 4) is 0 Å². The molecule has 2 aromatic carbocycles. The molecule has 1 atom stereocenters. The van der Waals surface area contributed by atoms with Gasteiger partial charge < -0.3 is 14.6 Å². The highest BCUT2D eigenvalue weighted by molar-refractivity contribution is 9.10. The Morgan fingerprint density at radius 3 is 2.92 bits per heavy atom. The van der Waals surface area contributed by atoms with Gasteiger partial charge >= 0.3 is 6.09 Å². The zero-order valence-corrected chi connectivity index (χ0v) is 16.0. The lowest BCUT2D eigenvalue weighted by molar-refractivity contribution is 0.0921. The first-order valence-electron chi connectivity index (χ1n) is 8.93. The molecule has 1 aliphatic heterocycles. The fourth-order valence-electron chi connectivity index (χ4n) is 3.66. The first kappa shape index (κ1) is 17.2. The third kappa shape index (κ3) is 3.63. The molecular formula is C21H21BrN2O2. The van der Waals surface area contributed by atoms with Crippen LogP contribution in [0.4, 0.5) is 4.79 Å². The highest BCUT2D eigenvalue weighted by atomic mass is 79.9. The quantitative estimate of drug-likeness (QED) is 0.633. The van der Waals surface area contributed by atoms with Crippen LogP contribution in [0, 0.1) is 0 Å². The van der Waals surface area contributed by atoms with Crippen molar-refractivity contribution in [2.75, 3.05) is 6.54 Å². The second-order valence-corrected chi connectivity index (χ2v) is 7.65. The Morgan fingerprint density at radius 2 is 2.08 bits per heavy atom. The van der Waals surface area contributed by atoms with E-state index >= 15 is 0 Å². The lowest BCUT2D eigenvalue weighted by Gasteiger charge is -2.24. The minimum absolute atomic E-state index is 0.191. The van der Waals surface area contributed by atoms with Crippen LogP contribution < -0.4 is 0 Å². The number of benzene rings is 2. The van der Waals surface area contributed by atoms with Gasteiger partial charge in [-0.3, -0.25) is 0 Å². The number of carbonyl (C=O) groups excluding carboxylic acids is 1. The largest absolute Gasteiger partial charge is 0.445 e. The highest BCUT2D eigenvalue weighted by Crippen LogP contribution is 2.28. The summed E-state index contributed by atoms with van der Waals surface area (Å²) in [6.07, 6.45) is 4.73. The van der Waals surface area contributed by atoms with E-state index in [1.807, 2.05) is 41.3 Å². The Labute approximate surface area is 161 Å². The number of halogens is 1. The summed E-state index contributed by atoms with van der Waals surface area (Å²) in [7, 11) is 0. The average Bonchev–Trinajstić information content (AvgIpc) is 3.28. The smallest absolute Gasteiger partial charge is 0.410 e. The van der Waals surface area contributed by atoms with Crippen LogP contribution in [0.5, 0.6) is 0 Å². The molecule has 1 aliphatic rings. The SMILES string of the molecule is O=C(OCc1ccccc1)N1CCCC1Cc1c[nH]c2ccc(Br)cc12. The van der Waals surface area contributed by atoms with Crippen LogP contribution in [0.2, 0.25) is 0 Å². The number of H-pyrrole nitrogens is 1. The summed E-state index contributed by atoms with van der Waals surface area (Å²) in [5.74, 6) is 0. The molecule has 0 aliphatic carbocycles. The third-order valence-corrected chi connectivity index (χ3v) is 5.50. The summed E-state index contributed by atoms with van der Waals surface area (Å²) in [6.45, 7) is 1.09. The maximum Gasteiger partial charge on any atom is 0.410 e. The van der Waals surface area contributed by atoms with Crippen molar-refractivity contribution in [2.24, 2.45) is 0 Å². The molecule has 1 fully saturated rings. The van der Waals surface area contributed by atoms with E-state index in [0.717, 1.165) is 41.4 Å². The zero-order valence-electron chi connectivity index (χ0n) is 14.5. The number of nitrogens with zero attached hydrogens (tertiary/aromatic N) is 1. The van der Waals surface area contributed by atoms with Crippen molar-refractivity contribution >= 4 is 32.9 Å². The van der Waals surface area contributed by atoms with Gasteiger partial charge in [0, 0.05) is 34.2 Å². The lowest BCUT2D eigenvalue weighted by Crippen LogP contribution is -2.37. The van der Waals surface area contributed by atoms with Crippen LogP contribution in [0.25, 0.3) is 10.9 Å². The fourth-order valence-corrected chi connectivity index (χ4v) is 4.02. The summed E-state index contributed by atoms with van der Waals surface area (Å²) in [4.78, 5) is 17.8. The molecule has 0 spiro atoms. The van der Waals surface area contributed by atoms with Crippen LogP contribution in [-0.4, -0.2) is 28.6 Å². The molecule has 1 N–H and O–H groups in total. The van der Waals surface area contributed by atoms with Gasteiger partial charge in [0.25, 0.3) is 0 Å². The van der Waals surface area contributed by atoms with Gasteiger partial charge in [-0.05, 0) is 48.6 Å². The Morgan fingerprint density at radius 1 is 1.23 bits per heavy atom. The number of aromatic nitrogens is 1. The number of carbonyl (C=O) groups is 1. The summed E-state index contributed by atoms with van der Waals surface area (Å²) in [6, 6.07) is 16.2. The van der Waals surface area contributed by atoms with Crippen LogP contribution >= 0.6 is 15.9 Å². The Kier molecular flexibility index (Phi) is 4.98. The maximum atomic E-state index is 12.6. The van der Waals surface area contributed by atoms with Gasteiger partial charge in [-0.1, -0.05) is 46.3 Å². The minimum Gasteiger partial charge on any atom is -0.445 e. The van der Waals surface area contributed by atoms with E-state index < -0.39 is 0 Å². The minimum atomic E-state index is -0.211. The van der Waals surface area contributed by atoms with E-state index in [9.17, 15) is 4.79 Å². The van der Waals surface area contributed by atoms with Crippen LogP contribution in [0.15, 0.2) is 59.2 Å². The Hall–Kier alpha value is -2.27. The molecule has 5 heteroatoms. The lowest BCUT2D eigenvalue weighted by atomic mass is 10.0. The van der Waals surface area contributed by atoms with Crippen molar-refractivity contribution in [1.82, 2.24) is 9.88 Å². The summed E-state index contributed by atoms with van der Waals surface area (Å²) in [5, 5.41) is 1.21. The number of amides is 1. The third-order valence-electron chi connectivity index (χ3n) is 5.00. The normalized spacial score (nSPS) is 17.0. The molecule has 4 rings (SSSR count). The van der Waals surface area contributed by atoms with Gasteiger partial charge in [-0.2, -0.15) is 0 Å². The number of likely N-dealkylation sites (tertiary alicyclic amines) is 1. The topological polar surface area (TPSA) is 45.3 Å². The predicted octanol–water partition coefficient (Wildman–Crippen LogP) is 5.27. The van der Waals surface area contributed by atoms with Crippen LogP contribution in [-0.2, 0) is 17.8 Å². The predicted molar refractivity (Wildman–Crippen MR) is 106 cm³/mol. The van der Waals surface area contributed by atoms with Crippen LogP contribution in [0.3, 0.4) is 0 Å². The maximum absolute atomic E-state index is 12.6. The number of rotatable bonds is 4. The second kappa shape index (κ2) is 7.54. The first-order valence-corrected chi connectivity index (χ1v) is 9.73. The van der Waals surface area contributed by atoms with Gasteiger partial charge in [-0.25, -0.2) is 4.79 Å². The molecule has 1 unspecified atom stereocenters. The van der Waals surface area contributed by atoms with E-state index in [1.165, 1.54) is 10.9 Å². The van der Waals surface area contributed by atoms with Gasteiger partial charge in [0.05, 0.1) is 0 Å². The number of hydrogen-bond acceptors (Lipinski definition) is 2. The first-order chi connectivity index (χ1) is 12.7. The highest BCUT2D eigenvalue weighted by Gasteiger charge is 2.30. The average molecular weight is 413 g/mol. The van der Waals surface area contributed by atoms with E-state index in [4.69, 9.17) is 4.74 Å². The van der Waals surface area contributed by atoms with E-state index in [0.29, 0.717) is 6.61 Å². The number of aromatic amines is 1. The monoisotopic (exact) mass is 412 g/mol. The Balaban J connectivity index is 1.44. The number of hydrogen-bond donors (Lipinski definition) is 1. The standard InChI is InChI=1S/C21H21BrN2O2/c22-17-8-9-20-19(12-17)16(13-23-20)11-18-7-4-10-24(18)21(25)26-14-15-5-2-1-3-6-15/h1-3,5-6,8-9,12-13,18,23H,4,7,10-11,14H2. The fraction of sp³-hybridized carbons (Fsp3) is 0.286. The van der Waals surface area contributed by atoms with E-state index in [1.54, 1.807) is 0 Å². The molecule has 0 saturated carbocycles. The number of nitrogens with one attached hydrogen (secondary N) is 1. The van der Waals surface area contributed by atoms with E-state index in [-0.39, 0.29) is 12.1 Å². The van der Waals surface area contributed by atoms with Gasteiger partial charge in [0.1, 0.15) is 6.61 Å². The van der Waals surface area contributed by atoms with Crippen molar-refractivity contribution in [3.05, 3.63) is 70.3 Å². The van der Waals surface area contributed by atoms with Crippen molar-refractivity contribution in [3.63, 3.8) is 0 Å². The summed E-state index contributed by atoms with van der Waals surface area (Å²) in [5.41, 5.74) is 3.38. The molecule has 1 amide bonds. The van der Waals surface area contributed by atoms with Crippen molar-refractivity contribution in [1.29, 1.82) is 0 Å². The molecule has 4 nitrogen and oxygen atoms in total. The Bertz CT molecular complexity index is 907. The van der Waals surface area contributed by atoms with E-state index in [2.05, 4.69) is 39.2 Å². The molecule has 0 radical (unpaired) electrons. The molecular weight excluding hydrogens is 392 g/mol. The van der Waals surface area contributed by atoms with Gasteiger partial charge in [0.2, 0.25) is 0 Å². The number of fused-ring (bicyclic) bond motifs is 1. The second-order valence-electron chi connectivity index (χ2n) is 6.74. The zero-order chi connectivity index (χ0) is 17.9. The van der Waals surface area contributed by atoms with Gasteiger partial charge in [-0.15, -0.1) is 0 Å². The number of ether oxygens (including phenoxy) is 1. The molecule has 134 valence electrons. The van der Waals surface area contributed by atoms with Gasteiger partial charge in [0.15, 0.2) is 0 Å². The molecule has 1 aromatic heterocycles.